The van der Waals surface area contributed by atoms with Gasteiger partial charge in [-0.1, -0.05) is 11.6 Å². The van der Waals surface area contributed by atoms with Crippen molar-refractivity contribution in [3.8, 4) is 11.3 Å². The number of rotatable bonds is 5. The van der Waals surface area contributed by atoms with E-state index in [0.717, 1.165) is 5.56 Å². The number of carboxylic acid groups (broad SMARTS) is 1. The third-order valence-electron chi connectivity index (χ3n) is 6.13. The van der Waals surface area contributed by atoms with Gasteiger partial charge in [0.1, 0.15) is 0 Å². The van der Waals surface area contributed by atoms with Gasteiger partial charge in [0, 0.05) is 59.8 Å². The second kappa shape index (κ2) is 9.92. The molecular weight excluding hydrogens is 484 g/mol. The van der Waals surface area contributed by atoms with Crippen molar-refractivity contribution in [3.63, 3.8) is 0 Å². The Morgan fingerprint density at radius 3 is 2.56 bits per heavy atom. The summed E-state index contributed by atoms with van der Waals surface area (Å²) in [6, 6.07) is 12.3. The highest BCUT2D eigenvalue weighted by atomic mass is 35.5. The summed E-state index contributed by atoms with van der Waals surface area (Å²) in [4.78, 5) is 48.6. The van der Waals surface area contributed by atoms with Crippen LogP contribution in [0.15, 0.2) is 48.7 Å². The molecule has 0 atom stereocenters. The number of halogens is 1. The van der Waals surface area contributed by atoms with Crippen molar-refractivity contribution < 1.29 is 19.5 Å². The molecule has 5 rings (SSSR count). The van der Waals surface area contributed by atoms with E-state index in [1.165, 1.54) is 0 Å². The zero-order valence-electron chi connectivity index (χ0n) is 19.2. The quantitative estimate of drug-likeness (QED) is 0.482. The van der Waals surface area contributed by atoms with Gasteiger partial charge in [0.2, 0.25) is 11.9 Å². The number of nitrogens with one attached hydrogen (secondary N) is 2. The molecule has 3 heterocycles. The van der Waals surface area contributed by atoms with Crippen molar-refractivity contribution in [2.24, 2.45) is 0 Å². The Kier molecular flexibility index (Phi) is 6.53. The molecule has 11 heteroatoms. The summed E-state index contributed by atoms with van der Waals surface area (Å²) >= 11 is 6.11. The maximum absolute atomic E-state index is 12.9. The van der Waals surface area contributed by atoms with Crippen LogP contribution in [0.25, 0.3) is 11.3 Å². The molecule has 0 unspecified atom stereocenters. The smallest absolute Gasteiger partial charge is 0.317 e. The fraction of sp³-hybridized carbons (Fsp3) is 0.240. The number of carbonyl (C=O) groups is 3. The summed E-state index contributed by atoms with van der Waals surface area (Å²) in [5.74, 6) is -0.761. The van der Waals surface area contributed by atoms with Crippen LogP contribution in [0.5, 0.6) is 0 Å². The maximum Gasteiger partial charge on any atom is 0.317 e. The van der Waals surface area contributed by atoms with Crippen molar-refractivity contribution in [3.05, 3.63) is 64.8 Å². The van der Waals surface area contributed by atoms with Gasteiger partial charge in [0.25, 0.3) is 5.91 Å². The Hall–Kier alpha value is -4.02. The summed E-state index contributed by atoms with van der Waals surface area (Å²) in [6.07, 6.45) is 1.79. The standard InChI is InChI=1S/C25H23ClN6O4/c26-17-3-6-19-20(12-17)29-21(33)11-16-13-27-25(30-23(16)19)28-18-4-1-15(2-5-18)24(36)32-9-7-31(8-10-32)14-22(34)35/h1-6,12-13H,7-11,14H2,(H,29,33)(H,34,35)(H,27,28,30). The van der Waals surface area contributed by atoms with Crippen LogP contribution in [-0.4, -0.2) is 75.4 Å². The molecule has 2 aliphatic heterocycles. The van der Waals surface area contributed by atoms with Gasteiger partial charge in [-0.2, -0.15) is 0 Å². The van der Waals surface area contributed by atoms with Gasteiger partial charge < -0.3 is 20.6 Å². The number of benzene rings is 2. The first kappa shape index (κ1) is 23.7. The first-order valence-corrected chi connectivity index (χ1v) is 11.8. The number of carboxylic acids is 1. The highest BCUT2D eigenvalue weighted by Gasteiger charge is 2.24. The monoisotopic (exact) mass is 506 g/mol. The largest absolute Gasteiger partial charge is 0.480 e. The molecule has 0 aliphatic carbocycles. The second-order valence-corrected chi connectivity index (χ2v) is 9.08. The van der Waals surface area contributed by atoms with Crippen molar-refractivity contribution in [2.75, 3.05) is 43.4 Å². The number of nitrogens with zero attached hydrogens (tertiary/aromatic N) is 4. The molecule has 0 radical (unpaired) electrons. The topological polar surface area (TPSA) is 128 Å². The van der Waals surface area contributed by atoms with Gasteiger partial charge in [0.05, 0.1) is 24.3 Å². The molecule has 3 aromatic rings. The zero-order valence-corrected chi connectivity index (χ0v) is 20.0. The highest BCUT2D eigenvalue weighted by Crippen LogP contribution is 2.34. The van der Waals surface area contributed by atoms with Crippen molar-refractivity contribution in [1.82, 2.24) is 19.8 Å². The Morgan fingerprint density at radius 2 is 1.83 bits per heavy atom. The number of amides is 2. The second-order valence-electron chi connectivity index (χ2n) is 8.65. The molecule has 1 fully saturated rings. The Labute approximate surface area is 211 Å². The minimum absolute atomic E-state index is 0.0146. The highest BCUT2D eigenvalue weighted by molar-refractivity contribution is 6.31. The van der Waals surface area contributed by atoms with Crippen LogP contribution in [0.3, 0.4) is 0 Å². The van der Waals surface area contributed by atoms with Crippen LogP contribution in [0.2, 0.25) is 5.02 Å². The van der Waals surface area contributed by atoms with Gasteiger partial charge in [-0.15, -0.1) is 0 Å². The normalized spacial score (nSPS) is 15.4. The van der Waals surface area contributed by atoms with E-state index in [4.69, 9.17) is 16.7 Å². The third-order valence-corrected chi connectivity index (χ3v) is 6.37. The van der Waals surface area contributed by atoms with Gasteiger partial charge >= 0.3 is 5.97 Å². The Morgan fingerprint density at radius 1 is 1.08 bits per heavy atom. The van der Waals surface area contributed by atoms with Gasteiger partial charge in [-0.05, 0) is 42.5 Å². The third kappa shape index (κ3) is 5.14. The van der Waals surface area contributed by atoms with Crippen LogP contribution >= 0.6 is 11.6 Å². The number of hydrogen-bond donors (Lipinski definition) is 3. The zero-order chi connectivity index (χ0) is 25.2. The maximum atomic E-state index is 12.9. The lowest BCUT2D eigenvalue weighted by molar-refractivity contribution is -0.138. The van der Waals surface area contributed by atoms with E-state index in [1.54, 1.807) is 47.5 Å². The molecule has 0 bridgehead atoms. The summed E-state index contributed by atoms with van der Waals surface area (Å²) in [6.45, 7) is 2.02. The fourth-order valence-corrected chi connectivity index (χ4v) is 4.50. The summed E-state index contributed by atoms with van der Waals surface area (Å²) in [5.41, 5.74) is 3.97. The van der Waals surface area contributed by atoms with Crippen molar-refractivity contribution >= 4 is 46.7 Å². The van der Waals surface area contributed by atoms with Gasteiger partial charge in [-0.25, -0.2) is 9.97 Å². The van der Waals surface area contributed by atoms with E-state index in [-0.39, 0.29) is 24.8 Å². The van der Waals surface area contributed by atoms with E-state index in [0.29, 0.717) is 65.3 Å². The van der Waals surface area contributed by atoms with Crippen LogP contribution in [0.4, 0.5) is 17.3 Å². The predicted molar refractivity (Wildman–Crippen MR) is 135 cm³/mol. The minimum Gasteiger partial charge on any atom is -0.480 e. The average Bonchev–Trinajstić information content (AvgIpc) is 2.99. The molecule has 1 aromatic heterocycles. The van der Waals surface area contributed by atoms with Crippen LogP contribution < -0.4 is 10.6 Å². The Balaban J connectivity index is 1.29. The molecular formula is C25H23ClN6O4. The molecule has 1 saturated heterocycles. The summed E-state index contributed by atoms with van der Waals surface area (Å²) in [7, 11) is 0. The lowest BCUT2D eigenvalue weighted by atomic mass is 10.1. The molecule has 0 saturated carbocycles. The van der Waals surface area contributed by atoms with Crippen LogP contribution in [0.1, 0.15) is 15.9 Å². The number of hydrogen-bond acceptors (Lipinski definition) is 7. The Bertz CT molecular complexity index is 1340. The first-order valence-electron chi connectivity index (χ1n) is 11.4. The van der Waals surface area contributed by atoms with E-state index in [2.05, 4.69) is 20.6 Å². The lowest BCUT2D eigenvalue weighted by Gasteiger charge is -2.33. The molecule has 0 spiro atoms. The summed E-state index contributed by atoms with van der Waals surface area (Å²) in [5, 5.41) is 15.5. The van der Waals surface area contributed by atoms with Crippen LogP contribution in [0, 0.1) is 0 Å². The molecule has 2 amide bonds. The van der Waals surface area contributed by atoms with Crippen LogP contribution in [-0.2, 0) is 16.0 Å². The SMILES string of the molecule is O=C(O)CN1CCN(C(=O)c2ccc(Nc3ncc4c(n3)-c3ccc(Cl)cc3NC(=O)C4)cc2)CC1. The van der Waals surface area contributed by atoms with Crippen molar-refractivity contribution in [1.29, 1.82) is 0 Å². The molecule has 184 valence electrons. The lowest BCUT2D eigenvalue weighted by Crippen LogP contribution is -2.49. The molecule has 3 N–H and O–H groups in total. The van der Waals surface area contributed by atoms with E-state index in [1.807, 2.05) is 11.0 Å². The summed E-state index contributed by atoms with van der Waals surface area (Å²) < 4.78 is 0. The van der Waals surface area contributed by atoms with E-state index >= 15 is 0 Å². The number of piperazine rings is 1. The van der Waals surface area contributed by atoms with E-state index < -0.39 is 5.97 Å². The number of carbonyl (C=O) groups excluding carboxylic acids is 2. The average molecular weight is 507 g/mol. The minimum atomic E-state index is -0.866. The number of fused-ring (bicyclic) bond motifs is 3. The molecule has 2 aromatic carbocycles. The number of anilines is 3. The number of aliphatic carboxylic acids is 1. The number of aromatic nitrogens is 2. The molecule has 2 aliphatic rings. The first-order chi connectivity index (χ1) is 17.4. The van der Waals surface area contributed by atoms with E-state index in [9.17, 15) is 14.4 Å². The predicted octanol–water partition coefficient (Wildman–Crippen LogP) is 2.88. The molecule has 36 heavy (non-hydrogen) atoms. The van der Waals surface area contributed by atoms with Gasteiger partial charge in [-0.3, -0.25) is 19.3 Å². The van der Waals surface area contributed by atoms with Gasteiger partial charge in [0.15, 0.2) is 0 Å². The van der Waals surface area contributed by atoms with Crippen molar-refractivity contribution in [2.45, 2.75) is 6.42 Å². The molecule has 10 nitrogen and oxygen atoms in total. The fourth-order valence-electron chi connectivity index (χ4n) is 4.33.